The van der Waals surface area contributed by atoms with Crippen LogP contribution in [0, 0.1) is 5.82 Å². The maximum Gasteiger partial charge on any atom is 0.254 e. The lowest BCUT2D eigenvalue weighted by Crippen LogP contribution is -2.44. The van der Waals surface area contributed by atoms with Crippen LogP contribution in [-0.4, -0.2) is 42.5 Å². The lowest BCUT2D eigenvalue weighted by atomic mass is 10.1. The Morgan fingerprint density at radius 3 is 2.50 bits per heavy atom. The maximum atomic E-state index is 12.9. The fraction of sp³-hybridized carbons (Fsp3) is 0.300. The highest BCUT2D eigenvalue weighted by atomic mass is 19.1. The third-order valence-electron chi connectivity index (χ3n) is 4.22. The second kappa shape index (κ2) is 8.10. The maximum absolute atomic E-state index is 12.9. The second-order valence-corrected chi connectivity index (χ2v) is 6.36. The van der Waals surface area contributed by atoms with Crippen molar-refractivity contribution in [1.29, 1.82) is 0 Å². The molecule has 3 rings (SSSR count). The van der Waals surface area contributed by atoms with Gasteiger partial charge in [0, 0.05) is 24.3 Å². The van der Waals surface area contributed by atoms with Crippen molar-refractivity contribution < 1.29 is 18.7 Å². The minimum Gasteiger partial charge on any atom is -0.375 e. The summed E-state index contributed by atoms with van der Waals surface area (Å²) in [5.74, 6) is -0.564. The Morgan fingerprint density at radius 2 is 1.85 bits per heavy atom. The Kier molecular flexibility index (Phi) is 5.63. The number of hydrogen-bond acceptors (Lipinski definition) is 3. The van der Waals surface area contributed by atoms with E-state index in [4.69, 9.17) is 4.74 Å². The largest absolute Gasteiger partial charge is 0.375 e. The van der Waals surface area contributed by atoms with Gasteiger partial charge in [0.15, 0.2) is 0 Å². The smallest absolute Gasteiger partial charge is 0.254 e. The zero-order valence-corrected chi connectivity index (χ0v) is 14.6. The normalized spacial score (nSPS) is 17.0. The van der Waals surface area contributed by atoms with Gasteiger partial charge in [-0.15, -0.1) is 0 Å². The molecule has 1 aliphatic rings. The molecule has 1 heterocycles. The van der Waals surface area contributed by atoms with Gasteiger partial charge in [0.25, 0.3) is 5.91 Å². The SMILES string of the molecule is CC1CN(C(=O)c2ccc(NC(=O)Cc3ccc(F)cc3)cc2)CCO1. The molecule has 6 heteroatoms. The molecule has 0 radical (unpaired) electrons. The van der Waals surface area contributed by atoms with Crippen LogP contribution < -0.4 is 5.32 Å². The molecule has 2 aromatic carbocycles. The van der Waals surface area contributed by atoms with Crippen molar-refractivity contribution in [2.75, 3.05) is 25.0 Å². The van der Waals surface area contributed by atoms with Gasteiger partial charge in [-0.3, -0.25) is 9.59 Å². The summed E-state index contributed by atoms with van der Waals surface area (Å²) >= 11 is 0. The van der Waals surface area contributed by atoms with Gasteiger partial charge in [-0.2, -0.15) is 0 Å². The number of rotatable bonds is 4. The standard InChI is InChI=1S/C20H21FN2O3/c1-14-13-23(10-11-26-14)20(25)16-4-8-18(9-5-16)22-19(24)12-15-2-6-17(21)7-3-15/h2-9,14H,10-13H2,1H3,(H,22,24). The molecule has 2 amide bonds. The minimum atomic E-state index is -0.330. The van der Waals surface area contributed by atoms with Crippen LogP contribution in [0.3, 0.4) is 0 Å². The number of nitrogens with one attached hydrogen (secondary N) is 1. The molecule has 0 spiro atoms. The number of ether oxygens (including phenoxy) is 1. The molecule has 1 unspecified atom stereocenters. The number of hydrogen-bond donors (Lipinski definition) is 1. The third kappa shape index (κ3) is 4.67. The van der Waals surface area contributed by atoms with E-state index < -0.39 is 0 Å². The Morgan fingerprint density at radius 1 is 1.15 bits per heavy atom. The zero-order valence-electron chi connectivity index (χ0n) is 14.6. The number of halogens is 1. The van der Waals surface area contributed by atoms with Crippen molar-refractivity contribution in [3.8, 4) is 0 Å². The molecule has 1 saturated heterocycles. The van der Waals surface area contributed by atoms with Gasteiger partial charge in [0.1, 0.15) is 5.82 Å². The van der Waals surface area contributed by atoms with Crippen molar-refractivity contribution in [2.24, 2.45) is 0 Å². The fourth-order valence-electron chi connectivity index (χ4n) is 2.87. The highest BCUT2D eigenvalue weighted by molar-refractivity contribution is 5.96. The highest BCUT2D eigenvalue weighted by Gasteiger charge is 2.22. The van der Waals surface area contributed by atoms with Gasteiger partial charge < -0.3 is 15.0 Å². The van der Waals surface area contributed by atoms with Crippen molar-refractivity contribution in [3.05, 3.63) is 65.5 Å². The molecule has 0 aliphatic carbocycles. The van der Waals surface area contributed by atoms with Gasteiger partial charge in [-0.25, -0.2) is 4.39 Å². The van der Waals surface area contributed by atoms with Crippen LogP contribution in [-0.2, 0) is 16.0 Å². The predicted octanol–water partition coefficient (Wildman–Crippen LogP) is 2.87. The van der Waals surface area contributed by atoms with Crippen LogP contribution >= 0.6 is 0 Å². The molecule has 1 atom stereocenters. The molecular formula is C20H21FN2O3. The monoisotopic (exact) mass is 356 g/mol. The molecular weight excluding hydrogens is 335 g/mol. The summed E-state index contributed by atoms with van der Waals surface area (Å²) in [5, 5.41) is 2.78. The van der Waals surface area contributed by atoms with E-state index in [1.54, 1.807) is 41.3 Å². The van der Waals surface area contributed by atoms with Gasteiger partial charge in [0.05, 0.1) is 19.1 Å². The number of carbonyl (C=O) groups excluding carboxylic acids is 2. The zero-order chi connectivity index (χ0) is 18.5. The van der Waals surface area contributed by atoms with E-state index in [9.17, 15) is 14.0 Å². The summed E-state index contributed by atoms with van der Waals surface area (Å²) in [6.07, 6.45) is 0.199. The number of morpholine rings is 1. The summed E-state index contributed by atoms with van der Waals surface area (Å²) in [6.45, 7) is 3.65. The molecule has 0 saturated carbocycles. The molecule has 1 fully saturated rings. The van der Waals surface area contributed by atoms with Crippen LogP contribution in [0.4, 0.5) is 10.1 Å². The van der Waals surface area contributed by atoms with Gasteiger partial charge in [-0.05, 0) is 48.9 Å². The van der Waals surface area contributed by atoms with Crippen LogP contribution in [0.5, 0.6) is 0 Å². The van der Waals surface area contributed by atoms with Crippen LogP contribution in [0.15, 0.2) is 48.5 Å². The molecule has 2 aromatic rings. The third-order valence-corrected chi connectivity index (χ3v) is 4.22. The fourth-order valence-corrected chi connectivity index (χ4v) is 2.87. The topological polar surface area (TPSA) is 58.6 Å². The molecule has 136 valence electrons. The van der Waals surface area contributed by atoms with Crippen LogP contribution in [0.25, 0.3) is 0 Å². The molecule has 5 nitrogen and oxygen atoms in total. The summed E-state index contributed by atoms with van der Waals surface area (Å²) < 4.78 is 18.3. The average Bonchev–Trinajstić information content (AvgIpc) is 2.64. The Bertz CT molecular complexity index is 775. The lowest BCUT2D eigenvalue weighted by Gasteiger charge is -2.31. The lowest BCUT2D eigenvalue weighted by molar-refractivity contribution is -0.115. The predicted molar refractivity (Wildman–Crippen MR) is 96.5 cm³/mol. The van der Waals surface area contributed by atoms with Crippen molar-refractivity contribution in [3.63, 3.8) is 0 Å². The quantitative estimate of drug-likeness (QED) is 0.916. The summed E-state index contributed by atoms with van der Waals surface area (Å²) in [4.78, 5) is 26.3. The first-order chi connectivity index (χ1) is 12.5. The second-order valence-electron chi connectivity index (χ2n) is 6.36. The van der Waals surface area contributed by atoms with E-state index in [1.807, 2.05) is 6.92 Å². The molecule has 0 bridgehead atoms. The molecule has 1 aliphatic heterocycles. The van der Waals surface area contributed by atoms with Gasteiger partial charge in [-0.1, -0.05) is 12.1 Å². The van der Waals surface area contributed by atoms with E-state index in [2.05, 4.69) is 5.32 Å². The number of carbonyl (C=O) groups is 2. The first-order valence-electron chi connectivity index (χ1n) is 8.56. The van der Waals surface area contributed by atoms with Crippen molar-refractivity contribution in [2.45, 2.75) is 19.4 Å². The minimum absolute atomic E-state index is 0.0376. The number of benzene rings is 2. The van der Waals surface area contributed by atoms with Crippen LogP contribution in [0.1, 0.15) is 22.8 Å². The first kappa shape index (κ1) is 18.1. The summed E-state index contributed by atoms with van der Waals surface area (Å²) in [5.41, 5.74) is 1.93. The molecule has 1 N–H and O–H groups in total. The van der Waals surface area contributed by atoms with Crippen molar-refractivity contribution in [1.82, 2.24) is 4.90 Å². The average molecular weight is 356 g/mol. The number of amides is 2. The van der Waals surface area contributed by atoms with E-state index in [0.29, 0.717) is 30.9 Å². The van der Waals surface area contributed by atoms with E-state index in [-0.39, 0.29) is 30.2 Å². The molecule has 26 heavy (non-hydrogen) atoms. The Hall–Kier alpha value is -2.73. The van der Waals surface area contributed by atoms with Crippen molar-refractivity contribution >= 4 is 17.5 Å². The van der Waals surface area contributed by atoms with Gasteiger partial charge in [0.2, 0.25) is 5.91 Å². The summed E-state index contributed by atoms with van der Waals surface area (Å²) in [6, 6.07) is 12.6. The first-order valence-corrected chi connectivity index (χ1v) is 8.56. The highest BCUT2D eigenvalue weighted by Crippen LogP contribution is 2.14. The van der Waals surface area contributed by atoms with Crippen LogP contribution in [0.2, 0.25) is 0 Å². The Balaban J connectivity index is 1.57. The molecule has 0 aromatic heterocycles. The number of nitrogens with zero attached hydrogens (tertiary/aromatic N) is 1. The number of anilines is 1. The van der Waals surface area contributed by atoms with E-state index in [0.717, 1.165) is 5.56 Å². The van der Waals surface area contributed by atoms with Gasteiger partial charge >= 0.3 is 0 Å². The van der Waals surface area contributed by atoms with E-state index >= 15 is 0 Å². The Labute approximate surface area is 151 Å². The van der Waals surface area contributed by atoms with E-state index in [1.165, 1.54) is 12.1 Å². The summed E-state index contributed by atoms with van der Waals surface area (Å²) in [7, 11) is 0.